The topological polar surface area (TPSA) is 15.3 Å². The molecule has 2 atom stereocenters. The summed E-state index contributed by atoms with van der Waals surface area (Å²) in [5, 5.41) is 4.86. The monoisotopic (exact) mass is 300 g/mol. The fraction of sp³-hybridized carbons (Fsp3) is 0.600. The van der Waals surface area contributed by atoms with Crippen molar-refractivity contribution in [3.63, 3.8) is 0 Å². The summed E-state index contributed by atoms with van der Waals surface area (Å²) < 4.78 is 0. The third kappa shape index (κ3) is 3.85. The van der Waals surface area contributed by atoms with E-state index in [-0.39, 0.29) is 0 Å². The van der Waals surface area contributed by atoms with Gasteiger partial charge in [0.15, 0.2) is 0 Å². The zero-order chi connectivity index (χ0) is 13.8. The van der Waals surface area contributed by atoms with Crippen LogP contribution in [0.4, 0.5) is 0 Å². The summed E-state index contributed by atoms with van der Waals surface area (Å²) in [6.45, 7) is 8.83. The second-order valence-electron chi connectivity index (χ2n) is 5.32. The molecule has 1 N–H and O–H groups in total. The number of benzene rings is 1. The first-order chi connectivity index (χ1) is 9.11. The van der Waals surface area contributed by atoms with Crippen LogP contribution < -0.4 is 5.32 Å². The van der Waals surface area contributed by atoms with Crippen LogP contribution in [0.5, 0.6) is 0 Å². The Balaban J connectivity index is 2.30. The molecule has 106 valence electrons. The van der Waals surface area contributed by atoms with Gasteiger partial charge >= 0.3 is 0 Å². The highest BCUT2D eigenvalue weighted by atomic mass is 35.5. The molecule has 0 radical (unpaired) electrons. The SMILES string of the molecule is CCC(C)[C@H](c1cc(Cl)cc(Cl)c1)N1CCNCC1. The minimum Gasteiger partial charge on any atom is -0.314 e. The van der Waals surface area contributed by atoms with E-state index in [1.165, 1.54) is 5.56 Å². The molecule has 0 aliphatic carbocycles. The fourth-order valence-corrected chi connectivity index (χ4v) is 3.37. The summed E-state index contributed by atoms with van der Waals surface area (Å²) in [5.74, 6) is 0.590. The van der Waals surface area contributed by atoms with Crippen molar-refractivity contribution in [3.8, 4) is 0 Å². The molecule has 0 bridgehead atoms. The summed E-state index contributed by atoms with van der Waals surface area (Å²) in [6.07, 6.45) is 1.15. The van der Waals surface area contributed by atoms with E-state index in [0.717, 1.165) is 42.6 Å². The zero-order valence-electron chi connectivity index (χ0n) is 11.6. The van der Waals surface area contributed by atoms with Crippen LogP contribution >= 0.6 is 23.2 Å². The van der Waals surface area contributed by atoms with E-state index in [1.54, 1.807) is 6.07 Å². The van der Waals surface area contributed by atoms with E-state index in [0.29, 0.717) is 12.0 Å². The average Bonchev–Trinajstić information content (AvgIpc) is 2.39. The molecule has 0 saturated carbocycles. The van der Waals surface area contributed by atoms with Crippen molar-refractivity contribution in [2.75, 3.05) is 26.2 Å². The second-order valence-corrected chi connectivity index (χ2v) is 6.19. The number of halogens is 2. The van der Waals surface area contributed by atoms with Crippen LogP contribution in [0, 0.1) is 5.92 Å². The number of piperazine rings is 1. The molecule has 19 heavy (non-hydrogen) atoms. The van der Waals surface area contributed by atoms with E-state index in [1.807, 2.05) is 0 Å². The summed E-state index contributed by atoms with van der Waals surface area (Å²) in [4.78, 5) is 2.55. The maximum Gasteiger partial charge on any atom is 0.0424 e. The van der Waals surface area contributed by atoms with Gasteiger partial charge in [-0.3, -0.25) is 4.90 Å². The lowest BCUT2D eigenvalue weighted by atomic mass is 9.90. The van der Waals surface area contributed by atoms with Gasteiger partial charge in [-0.2, -0.15) is 0 Å². The predicted molar refractivity (Wildman–Crippen MR) is 83.1 cm³/mol. The van der Waals surface area contributed by atoms with E-state index < -0.39 is 0 Å². The van der Waals surface area contributed by atoms with Crippen molar-refractivity contribution in [2.24, 2.45) is 5.92 Å². The van der Waals surface area contributed by atoms with Crippen molar-refractivity contribution in [3.05, 3.63) is 33.8 Å². The molecule has 1 fully saturated rings. The molecule has 1 aromatic rings. The van der Waals surface area contributed by atoms with E-state index >= 15 is 0 Å². The Labute approximate surface area is 126 Å². The normalized spacial score (nSPS) is 20.2. The standard InChI is InChI=1S/C15H22Cl2N2/c1-3-11(2)15(19-6-4-18-5-7-19)12-8-13(16)10-14(17)9-12/h8-11,15,18H,3-7H2,1-2H3/t11?,15-/m1/s1. The highest BCUT2D eigenvalue weighted by Gasteiger charge is 2.26. The molecule has 0 spiro atoms. The molecular weight excluding hydrogens is 279 g/mol. The molecule has 1 heterocycles. The van der Waals surface area contributed by atoms with Gasteiger partial charge in [0.1, 0.15) is 0 Å². The van der Waals surface area contributed by atoms with Gasteiger partial charge in [-0.1, -0.05) is 43.5 Å². The van der Waals surface area contributed by atoms with Crippen LogP contribution in [0.2, 0.25) is 10.0 Å². The third-order valence-electron chi connectivity index (χ3n) is 3.95. The van der Waals surface area contributed by atoms with Crippen LogP contribution in [0.1, 0.15) is 31.9 Å². The number of nitrogens with one attached hydrogen (secondary N) is 1. The highest BCUT2D eigenvalue weighted by molar-refractivity contribution is 6.34. The van der Waals surface area contributed by atoms with Gasteiger partial charge in [-0.15, -0.1) is 0 Å². The van der Waals surface area contributed by atoms with Gasteiger partial charge in [0.05, 0.1) is 0 Å². The van der Waals surface area contributed by atoms with Crippen LogP contribution in [0.15, 0.2) is 18.2 Å². The first kappa shape index (κ1) is 15.1. The van der Waals surface area contributed by atoms with E-state index in [4.69, 9.17) is 23.2 Å². The van der Waals surface area contributed by atoms with Crippen molar-refractivity contribution in [1.82, 2.24) is 10.2 Å². The lowest BCUT2D eigenvalue weighted by Crippen LogP contribution is -2.46. The van der Waals surface area contributed by atoms with Gasteiger partial charge in [0, 0.05) is 42.3 Å². The van der Waals surface area contributed by atoms with Crippen LogP contribution in [-0.4, -0.2) is 31.1 Å². The molecule has 1 aliphatic heterocycles. The molecule has 1 aliphatic rings. The molecule has 2 nitrogen and oxygen atoms in total. The van der Waals surface area contributed by atoms with Crippen molar-refractivity contribution in [1.29, 1.82) is 0 Å². The third-order valence-corrected chi connectivity index (χ3v) is 4.39. The van der Waals surface area contributed by atoms with Gasteiger partial charge < -0.3 is 5.32 Å². The maximum atomic E-state index is 6.17. The van der Waals surface area contributed by atoms with E-state index in [2.05, 4.69) is 36.2 Å². The lowest BCUT2D eigenvalue weighted by molar-refractivity contribution is 0.128. The Morgan fingerprint density at radius 3 is 2.26 bits per heavy atom. The first-order valence-corrected chi connectivity index (χ1v) is 7.78. The smallest absolute Gasteiger partial charge is 0.0424 e. The predicted octanol–water partition coefficient (Wildman–Crippen LogP) is 3.99. The Kier molecular flexibility index (Phi) is 5.52. The lowest BCUT2D eigenvalue weighted by Gasteiger charge is -2.38. The van der Waals surface area contributed by atoms with Gasteiger partial charge in [-0.05, 0) is 29.7 Å². The number of hydrogen-bond acceptors (Lipinski definition) is 2. The molecule has 0 amide bonds. The molecule has 4 heteroatoms. The Hall–Kier alpha value is -0.280. The Bertz CT molecular complexity index is 396. The molecular formula is C15H22Cl2N2. The summed E-state index contributed by atoms with van der Waals surface area (Å²) in [5.41, 5.74) is 1.24. The molecule has 1 aromatic carbocycles. The van der Waals surface area contributed by atoms with Crippen molar-refractivity contribution >= 4 is 23.2 Å². The van der Waals surface area contributed by atoms with E-state index in [9.17, 15) is 0 Å². The molecule has 1 unspecified atom stereocenters. The summed E-state index contributed by atoms with van der Waals surface area (Å²) >= 11 is 12.3. The molecule has 1 saturated heterocycles. The largest absolute Gasteiger partial charge is 0.314 e. The Morgan fingerprint density at radius 1 is 1.16 bits per heavy atom. The molecule has 0 aromatic heterocycles. The molecule has 2 rings (SSSR count). The fourth-order valence-electron chi connectivity index (χ4n) is 2.83. The van der Waals surface area contributed by atoms with Gasteiger partial charge in [0.2, 0.25) is 0 Å². The van der Waals surface area contributed by atoms with Gasteiger partial charge in [-0.25, -0.2) is 0 Å². The Morgan fingerprint density at radius 2 is 1.74 bits per heavy atom. The zero-order valence-corrected chi connectivity index (χ0v) is 13.1. The number of hydrogen-bond donors (Lipinski definition) is 1. The summed E-state index contributed by atoms with van der Waals surface area (Å²) in [7, 11) is 0. The van der Waals surface area contributed by atoms with Gasteiger partial charge in [0.25, 0.3) is 0 Å². The highest BCUT2D eigenvalue weighted by Crippen LogP contribution is 2.34. The quantitative estimate of drug-likeness (QED) is 0.904. The van der Waals surface area contributed by atoms with Crippen LogP contribution in [0.25, 0.3) is 0 Å². The minimum absolute atomic E-state index is 0.406. The average molecular weight is 301 g/mol. The second kappa shape index (κ2) is 6.94. The number of nitrogens with zero attached hydrogens (tertiary/aromatic N) is 1. The minimum atomic E-state index is 0.406. The van der Waals surface area contributed by atoms with Crippen molar-refractivity contribution in [2.45, 2.75) is 26.3 Å². The summed E-state index contributed by atoms with van der Waals surface area (Å²) in [6, 6.07) is 6.33. The van der Waals surface area contributed by atoms with Crippen LogP contribution in [0.3, 0.4) is 0 Å². The van der Waals surface area contributed by atoms with Crippen LogP contribution in [-0.2, 0) is 0 Å². The number of rotatable bonds is 4. The maximum absolute atomic E-state index is 6.17. The first-order valence-electron chi connectivity index (χ1n) is 7.02. The van der Waals surface area contributed by atoms with Crippen molar-refractivity contribution < 1.29 is 0 Å².